The molecule has 118 valence electrons. The van der Waals surface area contributed by atoms with Gasteiger partial charge in [-0.1, -0.05) is 36.4 Å². The van der Waals surface area contributed by atoms with Crippen LogP contribution in [0.25, 0.3) is 0 Å². The predicted octanol–water partition coefficient (Wildman–Crippen LogP) is 2.70. The Labute approximate surface area is 135 Å². The molecule has 0 fully saturated rings. The molecule has 2 aromatic carbocycles. The Balaban J connectivity index is 1.77. The quantitative estimate of drug-likeness (QED) is 0.861. The molecule has 0 unspecified atom stereocenters. The monoisotopic (exact) mass is 309 g/mol. The van der Waals surface area contributed by atoms with Crippen molar-refractivity contribution in [2.24, 2.45) is 0 Å². The van der Waals surface area contributed by atoms with Crippen molar-refractivity contribution >= 4 is 6.03 Å². The molecule has 2 rings (SSSR count). The summed E-state index contributed by atoms with van der Waals surface area (Å²) in [4.78, 5) is 11.8. The number of hydrogen-bond acceptors (Lipinski definition) is 3. The third-order valence-electron chi connectivity index (χ3n) is 3.30. The van der Waals surface area contributed by atoms with E-state index in [-0.39, 0.29) is 6.03 Å². The van der Waals surface area contributed by atoms with E-state index in [2.05, 4.69) is 16.7 Å². The topological polar surface area (TPSA) is 74.2 Å². The molecule has 0 aliphatic rings. The zero-order valence-electron chi connectivity index (χ0n) is 13.0. The second-order valence-corrected chi connectivity index (χ2v) is 5.10. The molecule has 0 aromatic heterocycles. The minimum Gasteiger partial charge on any atom is -0.380 e. The first kappa shape index (κ1) is 16.5. The summed E-state index contributed by atoms with van der Waals surface area (Å²) in [6.07, 6.45) is 0. The van der Waals surface area contributed by atoms with Crippen molar-refractivity contribution in [2.45, 2.75) is 19.7 Å². The second kappa shape index (κ2) is 8.57. The van der Waals surface area contributed by atoms with Crippen LogP contribution in [0.15, 0.2) is 48.5 Å². The Bertz CT molecular complexity index is 690. The van der Waals surface area contributed by atoms with E-state index in [1.807, 2.05) is 30.3 Å². The number of rotatable bonds is 6. The summed E-state index contributed by atoms with van der Waals surface area (Å²) in [5.74, 6) is 0. The van der Waals surface area contributed by atoms with Crippen LogP contribution in [0.2, 0.25) is 0 Å². The molecule has 0 aliphatic carbocycles. The van der Waals surface area contributed by atoms with Crippen molar-refractivity contribution in [1.29, 1.82) is 5.26 Å². The number of hydrogen-bond donors (Lipinski definition) is 2. The number of carbonyl (C=O) groups is 1. The molecule has 0 saturated carbocycles. The van der Waals surface area contributed by atoms with Gasteiger partial charge in [0.2, 0.25) is 0 Å². The van der Waals surface area contributed by atoms with Crippen molar-refractivity contribution < 1.29 is 9.53 Å². The summed E-state index contributed by atoms with van der Waals surface area (Å²) in [5, 5.41) is 14.4. The van der Waals surface area contributed by atoms with Gasteiger partial charge in [-0.2, -0.15) is 5.26 Å². The van der Waals surface area contributed by atoms with Gasteiger partial charge in [0, 0.05) is 20.2 Å². The lowest BCUT2D eigenvalue weighted by molar-refractivity contribution is 0.185. The molecular weight excluding hydrogens is 290 g/mol. The summed E-state index contributed by atoms with van der Waals surface area (Å²) in [5.41, 5.74) is 3.59. The highest BCUT2D eigenvalue weighted by atomic mass is 16.5. The molecule has 0 spiro atoms. The van der Waals surface area contributed by atoms with E-state index in [0.717, 1.165) is 16.7 Å². The molecule has 2 N–H and O–H groups in total. The van der Waals surface area contributed by atoms with Gasteiger partial charge >= 0.3 is 6.03 Å². The van der Waals surface area contributed by atoms with Crippen LogP contribution in [0, 0.1) is 11.3 Å². The average molecular weight is 309 g/mol. The minimum atomic E-state index is -0.242. The summed E-state index contributed by atoms with van der Waals surface area (Å²) in [7, 11) is 1.66. The highest BCUT2D eigenvalue weighted by molar-refractivity contribution is 5.73. The predicted molar refractivity (Wildman–Crippen MR) is 87.4 cm³/mol. The SMILES string of the molecule is COCc1ccc(CNC(=O)NCc2cccc(C#N)c2)cc1. The first-order valence-electron chi connectivity index (χ1n) is 7.29. The number of methoxy groups -OCH3 is 1. The van der Waals surface area contributed by atoms with Gasteiger partial charge in [0.05, 0.1) is 18.2 Å². The van der Waals surface area contributed by atoms with E-state index < -0.39 is 0 Å². The van der Waals surface area contributed by atoms with Gasteiger partial charge in [0.1, 0.15) is 0 Å². The van der Waals surface area contributed by atoms with Crippen LogP contribution in [0.3, 0.4) is 0 Å². The Morgan fingerprint density at radius 2 is 1.70 bits per heavy atom. The normalized spacial score (nSPS) is 9.91. The van der Waals surface area contributed by atoms with Gasteiger partial charge in [0.25, 0.3) is 0 Å². The zero-order chi connectivity index (χ0) is 16.5. The lowest BCUT2D eigenvalue weighted by Crippen LogP contribution is -2.34. The number of amides is 2. The van der Waals surface area contributed by atoms with Crippen LogP contribution in [0.1, 0.15) is 22.3 Å². The first-order valence-corrected chi connectivity index (χ1v) is 7.29. The average Bonchev–Trinajstić information content (AvgIpc) is 2.60. The Morgan fingerprint density at radius 3 is 2.35 bits per heavy atom. The van der Waals surface area contributed by atoms with Gasteiger partial charge in [0.15, 0.2) is 0 Å². The summed E-state index contributed by atoms with van der Waals surface area (Å²) >= 11 is 0. The van der Waals surface area contributed by atoms with E-state index in [1.165, 1.54) is 0 Å². The van der Waals surface area contributed by atoms with Crippen LogP contribution in [0.4, 0.5) is 4.79 Å². The lowest BCUT2D eigenvalue weighted by atomic mass is 10.1. The fourth-order valence-corrected chi connectivity index (χ4v) is 2.10. The third-order valence-corrected chi connectivity index (χ3v) is 3.30. The van der Waals surface area contributed by atoms with Crippen molar-refractivity contribution in [3.05, 3.63) is 70.8 Å². The van der Waals surface area contributed by atoms with E-state index in [9.17, 15) is 4.79 Å². The minimum absolute atomic E-state index is 0.242. The Morgan fingerprint density at radius 1 is 1.04 bits per heavy atom. The summed E-state index contributed by atoms with van der Waals surface area (Å²) in [6, 6.07) is 16.9. The molecule has 5 nitrogen and oxygen atoms in total. The maximum Gasteiger partial charge on any atom is 0.315 e. The van der Waals surface area contributed by atoms with Crippen LogP contribution >= 0.6 is 0 Å². The molecule has 5 heteroatoms. The number of ether oxygens (including phenoxy) is 1. The molecule has 2 amide bonds. The van der Waals surface area contributed by atoms with Gasteiger partial charge in [-0.15, -0.1) is 0 Å². The van der Waals surface area contributed by atoms with Crippen LogP contribution in [-0.4, -0.2) is 13.1 Å². The van der Waals surface area contributed by atoms with E-state index in [1.54, 1.807) is 25.3 Å². The molecule has 0 radical (unpaired) electrons. The van der Waals surface area contributed by atoms with Gasteiger partial charge < -0.3 is 15.4 Å². The van der Waals surface area contributed by atoms with Crippen LogP contribution in [-0.2, 0) is 24.4 Å². The fourth-order valence-electron chi connectivity index (χ4n) is 2.10. The van der Waals surface area contributed by atoms with Crippen LogP contribution < -0.4 is 10.6 Å². The molecular formula is C18H19N3O2. The highest BCUT2D eigenvalue weighted by Gasteiger charge is 2.02. The Kier molecular flexibility index (Phi) is 6.16. The molecule has 0 heterocycles. The van der Waals surface area contributed by atoms with Crippen molar-refractivity contribution in [3.8, 4) is 6.07 Å². The van der Waals surface area contributed by atoms with E-state index in [0.29, 0.717) is 25.3 Å². The van der Waals surface area contributed by atoms with Crippen molar-refractivity contribution in [1.82, 2.24) is 10.6 Å². The standard InChI is InChI=1S/C18H19N3O2/c1-23-13-15-7-5-14(6-8-15)11-20-18(22)21-12-17-4-2-3-16(9-17)10-19/h2-9H,11-13H2,1H3,(H2,20,21,22). The molecule has 0 atom stereocenters. The fraction of sp³-hybridized carbons (Fsp3) is 0.222. The van der Waals surface area contributed by atoms with Gasteiger partial charge in [-0.3, -0.25) is 0 Å². The maximum absolute atomic E-state index is 11.8. The summed E-state index contributed by atoms with van der Waals surface area (Å²) < 4.78 is 5.06. The number of urea groups is 1. The zero-order valence-corrected chi connectivity index (χ0v) is 13.0. The van der Waals surface area contributed by atoms with Crippen LogP contribution in [0.5, 0.6) is 0 Å². The maximum atomic E-state index is 11.8. The number of benzene rings is 2. The molecule has 0 bridgehead atoms. The molecule has 23 heavy (non-hydrogen) atoms. The smallest absolute Gasteiger partial charge is 0.315 e. The molecule has 0 aliphatic heterocycles. The summed E-state index contributed by atoms with van der Waals surface area (Å²) in [6.45, 7) is 1.42. The van der Waals surface area contributed by atoms with E-state index >= 15 is 0 Å². The lowest BCUT2D eigenvalue weighted by Gasteiger charge is -2.08. The van der Waals surface area contributed by atoms with E-state index in [4.69, 9.17) is 10.00 Å². The number of carbonyl (C=O) groups excluding carboxylic acids is 1. The number of nitrogens with one attached hydrogen (secondary N) is 2. The van der Waals surface area contributed by atoms with Crippen molar-refractivity contribution in [2.75, 3.05) is 7.11 Å². The number of nitrogens with zero attached hydrogens (tertiary/aromatic N) is 1. The van der Waals surface area contributed by atoms with Crippen molar-refractivity contribution in [3.63, 3.8) is 0 Å². The number of nitriles is 1. The largest absolute Gasteiger partial charge is 0.380 e. The Hall–Kier alpha value is -2.84. The molecule has 2 aromatic rings. The first-order chi connectivity index (χ1) is 11.2. The van der Waals surface area contributed by atoms with Gasteiger partial charge in [-0.05, 0) is 28.8 Å². The molecule has 0 saturated heterocycles. The van der Waals surface area contributed by atoms with Gasteiger partial charge in [-0.25, -0.2) is 4.79 Å². The third kappa shape index (κ3) is 5.46. The second-order valence-electron chi connectivity index (χ2n) is 5.10. The highest BCUT2D eigenvalue weighted by Crippen LogP contribution is 2.06.